The van der Waals surface area contributed by atoms with Crippen LogP contribution in [0.1, 0.15) is 29.5 Å². The van der Waals surface area contributed by atoms with Crippen molar-refractivity contribution < 1.29 is 13.2 Å². The van der Waals surface area contributed by atoms with Gasteiger partial charge in [0.15, 0.2) is 0 Å². The molecule has 0 spiro atoms. The highest BCUT2D eigenvalue weighted by molar-refractivity contribution is 7.89. The van der Waals surface area contributed by atoms with Crippen molar-refractivity contribution in [3.63, 3.8) is 0 Å². The predicted molar refractivity (Wildman–Crippen MR) is 81.3 cm³/mol. The molecule has 1 heterocycles. The number of benzene rings is 1. The van der Waals surface area contributed by atoms with E-state index in [1.807, 2.05) is 32.9 Å². The van der Waals surface area contributed by atoms with Gasteiger partial charge in [0.1, 0.15) is 0 Å². The second-order valence-electron chi connectivity index (χ2n) is 5.81. The molecule has 2 rings (SSSR count). The van der Waals surface area contributed by atoms with E-state index in [4.69, 9.17) is 5.73 Å². The molecule has 0 aliphatic carbocycles. The fourth-order valence-corrected chi connectivity index (χ4v) is 4.96. The van der Waals surface area contributed by atoms with Crippen molar-refractivity contribution in [2.24, 2.45) is 11.7 Å². The molecule has 1 aliphatic heterocycles. The van der Waals surface area contributed by atoms with Gasteiger partial charge in [-0.3, -0.25) is 4.79 Å². The van der Waals surface area contributed by atoms with Gasteiger partial charge in [0, 0.05) is 19.0 Å². The minimum atomic E-state index is -3.51. The van der Waals surface area contributed by atoms with Gasteiger partial charge in [-0.2, -0.15) is 4.31 Å². The summed E-state index contributed by atoms with van der Waals surface area (Å²) in [5, 5.41) is 0. The highest BCUT2D eigenvalue weighted by atomic mass is 32.2. The molecule has 0 bridgehead atoms. The highest BCUT2D eigenvalue weighted by Gasteiger charge is 2.32. The van der Waals surface area contributed by atoms with E-state index >= 15 is 0 Å². The number of piperidine rings is 1. The van der Waals surface area contributed by atoms with Crippen molar-refractivity contribution in [3.8, 4) is 0 Å². The van der Waals surface area contributed by atoms with E-state index < -0.39 is 10.0 Å². The lowest BCUT2D eigenvalue weighted by Crippen LogP contribution is -2.42. The standard InChI is InChI=1S/C15H22N2O3S/c1-10-8-11(2)14(12(3)9-10)21(19,20)17-6-4-13(5-7-17)15(16)18/h8-9,13H,4-7H2,1-3H3,(H2,16,18). The van der Waals surface area contributed by atoms with Crippen LogP contribution in [0.15, 0.2) is 17.0 Å². The Morgan fingerprint density at radius 3 is 2.05 bits per heavy atom. The van der Waals surface area contributed by atoms with Crippen molar-refractivity contribution >= 4 is 15.9 Å². The fraction of sp³-hybridized carbons (Fsp3) is 0.533. The summed E-state index contributed by atoms with van der Waals surface area (Å²) in [4.78, 5) is 11.6. The lowest BCUT2D eigenvalue weighted by atomic mass is 9.98. The molecular weight excluding hydrogens is 288 g/mol. The van der Waals surface area contributed by atoms with Crippen molar-refractivity contribution in [2.75, 3.05) is 13.1 Å². The van der Waals surface area contributed by atoms with Crippen molar-refractivity contribution in [1.82, 2.24) is 4.31 Å². The molecule has 6 heteroatoms. The van der Waals surface area contributed by atoms with Crippen molar-refractivity contribution in [2.45, 2.75) is 38.5 Å². The van der Waals surface area contributed by atoms with Crippen LogP contribution >= 0.6 is 0 Å². The maximum absolute atomic E-state index is 12.8. The van der Waals surface area contributed by atoms with Crippen LogP contribution in [0.25, 0.3) is 0 Å². The van der Waals surface area contributed by atoms with Gasteiger partial charge in [-0.15, -0.1) is 0 Å². The highest BCUT2D eigenvalue weighted by Crippen LogP contribution is 2.28. The fourth-order valence-electron chi connectivity index (χ4n) is 3.08. The number of rotatable bonds is 3. The van der Waals surface area contributed by atoms with Gasteiger partial charge in [-0.05, 0) is 44.7 Å². The number of nitrogens with zero attached hydrogens (tertiary/aromatic N) is 1. The van der Waals surface area contributed by atoms with E-state index in [-0.39, 0.29) is 11.8 Å². The number of carbonyl (C=O) groups excluding carboxylic acids is 1. The first-order chi connectivity index (χ1) is 9.73. The Kier molecular flexibility index (Phi) is 4.39. The quantitative estimate of drug-likeness (QED) is 0.918. The maximum atomic E-state index is 12.8. The minimum Gasteiger partial charge on any atom is -0.369 e. The molecule has 1 fully saturated rings. The number of amides is 1. The van der Waals surface area contributed by atoms with Gasteiger partial charge in [0.2, 0.25) is 15.9 Å². The zero-order chi connectivity index (χ0) is 15.8. The molecule has 1 saturated heterocycles. The van der Waals surface area contributed by atoms with Crippen molar-refractivity contribution in [3.05, 3.63) is 28.8 Å². The summed E-state index contributed by atoms with van der Waals surface area (Å²) in [7, 11) is -3.51. The summed E-state index contributed by atoms with van der Waals surface area (Å²) >= 11 is 0. The first-order valence-corrected chi connectivity index (χ1v) is 8.55. The molecule has 1 amide bonds. The van der Waals surface area contributed by atoms with E-state index in [0.717, 1.165) is 16.7 Å². The number of hydrogen-bond acceptors (Lipinski definition) is 3. The summed E-state index contributed by atoms with van der Waals surface area (Å²) in [6.07, 6.45) is 0.997. The maximum Gasteiger partial charge on any atom is 0.243 e. The van der Waals surface area contributed by atoms with Crippen LogP contribution in [0.2, 0.25) is 0 Å². The number of primary amides is 1. The summed E-state index contributed by atoms with van der Waals surface area (Å²) in [6, 6.07) is 3.77. The number of hydrogen-bond donors (Lipinski definition) is 1. The molecule has 21 heavy (non-hydrogen) atoms. The zero-order valence-corrected chi connectivity index (χ0v) is 13.5. The summed E-state index contributed by atoms with van der Waals surface area (Å²) in [5.74, 6) is -0.550. The third-order valence-corrected chi connectivity index (χ3v) is 6.26. The van der Waals surface area contributed by atoms with E-state index in [9.17, 15) is 13.2 Å². The lowest BCUT2D eigenvalue weighted by molar-refractivity contribution is -0.122. The largest absolute Gasteiger partial charge is 0.369 e. The van der Waals surface area contributed by atoms with Crippen LogP contribution in [0.3, 0.4) is 0 Å². The molecule has 2 N–H and O–H groups in total. The van der Waals surface area contributed by atoms with Gasteiger partial charge in [-0.25, -0.2) is 8.42 Å². The molecule has 5 nitrogen and oxygen atoms in total. The number of nitrogens with two attached hydrogens (primary N) is 1. The molecule has 1 aromatic rings. The summed E-state index contributed by atoms with van der Waals surface area (Å²) in [6.45, 7) is 6.30. The van der Waals surface area contributed by atoms with Gasteiger partial charge < -0.3 is 5.73 Å². The smallest absolute Gasteiger partial charge is 0.243 e. The van der Waals surface area contributed by atoms with Gasteiger partial charge in [0.05, 0.1) is 4.90 Å². The first kappa shape index (κ1) is 16.0. The molecule has 1 aliphatic rings. The van der Waals surface area contributed by atoms with E-state index in [1.54, 1.807) is 0 Å². The van der Waals surface area contributed by atoms with Gasteiger partial charge in [0.25, 0.3) is 0 Å². The monoisotopic (exact) mass is 310 g/mol. The molecule has 0 unspecified atom stereocenters. The van der Waals surface area contributed by atoms with E-state index in [0.29, 0.717) is 30.8 Å². The Bertz CT molecular complexity index is 636. The first-order valence-electron chi connectivity index (χ1n) is 7.11. The second kappa shape index (κ2) is 5.77. The third-order valence-electron chi connectivity index (χ3n) is 4.06. The Morgan fingerprint density at radius 2 is 1.62 bits per heavy atom. The Labute approximate surface area is 126 Å². The third kappa shape index (κ3) is 3.11. The van der Waals surface area contributed by atoms with E-state index in [2.05, 4.69) is 0 Å². The van der Waals surface area contributed by atoms with Crippen LogP contribution in [-0.2, 0) is 14.8 Å². The lowest BCUT2D eigenvalue weighted by Gasteiger charge is -2.30. The van der Waals surface area contributed by atoms with Crippen LogP contribution in [0.5, 0.6) is 0 Å². The molecule has 0 atom stereocenters. The normalized spacial score (nSPS) is 17.9. The molecule has 1 aromatic carbocycles. The van der Waals surface area contributed by atoms with Crippen LogP contribution in [0, 0.1) is 26.7 Å². The van der Waals surface area contributed by atoms with Crippen LogP contribution in [0.4, 0.5) is 0 Å². The number of carbonyl (C=O) groups is 1. The molecule has 0 saturated carbocycles. The van der Waals surface area contributed by atoms with Crippen molar-refractivity contribution in [1.29, 1.82) is 0 Å². The SMILES string of the molecule is Cc1cc(C)c(S(=O)(=O)N2CCC(C(N)=O)CC2)c(C)c1. The minimum absolute atomic E-state index is 0.211. The van der Waals surface area contributed by atoms with Crippen LogP contribution < -0.4 is 5.73 Å². The Hall–Kier alpha value is -1.40. The van der Waals surface area contributed by atoms with E-state index in [1.165, 1.54) is 4.31 Å². The predicted octanol–water partition coefficient (Wildman–Crippen LogP) is 1.50. The van der Waals surface area contributed by atoms with Gasteiger partial charge in [-0.1, -0.05) is 17.7 Å². The molecule has 0 aromatic heterocycles. The Morgan fingerprint density at radius 1 is 1.14 bits per heavy atom. The average molecular weight is 310 g/mol. The summed E-state index contributed by atoms with van der Waals surface area (Å²) < 4.78 is 27.1. The van der Waals surface area contributed by atoms with Gasteiger partial charge >= 0.3 is 0 Å². The second-order valence-corrected chi connectivity index (χ2v) is 7.68. The van der Waals surface area contributed by atoms with Crippen LogP contribution in [-0.4, -0.2) is 31.7 Å². The Balaban J connectivity index is 2.30. The molecule has 116 valence electrons. The summed E-state index contributed by atoms with van der Waals surface area (Å²) in [5.41, 5.74) is 7.88. The topological polar surface area (TPSA) is 80.5 Å². The zero-order valence-electron chi connectivity index (χ0n) is 12.7. The number of aryl methyl sites for hydroxylation is 3. The molecule has 0 radical (unpaired) electrons. The molecular formula is C15H22N2O3S. The average Bonchev–Trinajstić information content (AvgIpc) is 2.37. The number of sulfonamides is 1.